The van der Waals surface area contributed by atoms with Crippen molar-refractivity contribution < 1.29 is 13.9 Å². The summed E-state index contributed by atoms with van der Waals surface area (Å²) in [5, 5.41) is 2.47. The molecule has 0 fully saturated rings. The van der Waals surface area contributed by atoms with Crippen LogP contribution in [0.5, 0.6) is 5.75 Å². The molecule has 0 saturated heterocycles. The van der Waals surface area contributed by atoms with Gasteiger partial charge in [-0.1, -0.05) is 18.2 Å². The molecular formula is C17H17FN2O2. The SMILES string of the molecule is CCOc1ccc(/C=C\C(=O)Nc2ccccc2F)cc1N. The van der Waals surface area contributed by atoms with Gasteiger partial charge in [0.05, 0.1) is 18.0 Å². The van der Waals surface area contributed by atoms with Crippen molar-refractivity contribution in [2.45, 2.75) is 6.92 Å². The van der Waals surface area contributed by atoms with Crippen molar-refractivity contribution >= 4 is 23.4 Å². The van der Waals surface area contributed by atoms with E-state index in [0.29, 0.717) is 18.0 Å². The first-order chi connectivity index (χ1) is 10.6. The molecule has 0 aliphatic rings. The fraction of sp³-hybridized carbons (Fsp3) is 0.118. The Kier molecular flexibility index (Phi) is 5.14. The Balaban J connectivity index is 2.04. The highest BCUT2D eigenvalue weighted by Crippen LogP contribution is 2.23. The minimum Gasteiger partial charge on any atom is -0.492 e. The average Bonchev–Trinajstić information content (AvgIpc) is 2.50. The van der Waals surface area contributed by atoms with Crippen LogP contribution in [0.15, 0.2) is 48.5 Å². The van der Waals surface area contributed by atoms with E-state index >= 15 is 0 Å². The van der Waals surface area contributed by atoms with Gasteiger partial charge in [-0.05, 0) is 42.8 Å². The van der Waals surface area contributed by atoms with Crippen LogP contribution in [0, 0.1) is 5.82 Å². The number of benzene rings is 2. The van der Waals surface area contributed by atoms with Gasteiger partial charge in [-0.15, -0.1) is 0 Å². The third-order valence-electron chi connectivity index (χ3n) is 2.89. The smallest absolute Gasteiger partial charge is 0.248 e. The molecule has 0 aliphatic heterocycles. The van der Waals surface area contributed by atoms with Crippen LogP contribution in [0.1, 0.15) is 12.5 Å². The fourth-order valence-corrected chi connectivity index (χ4v) is 1.87. The van der Waals surface area contributed by atoms with Gasteiger partial charge in [0.25, 0.3) is 0 Å². The Morgan fingerprint density at radius 1 is 1.32 bits per heavy atom. The molecule has 22 heavy (non-hydrogen) atoms. The van der Waals surface area contributed by atoms with Gasteiger partial charge in [0.15, 0.2) is 0 Å². The van der Waals surface area contributed by atoms with Crippen molar-refractivity contribution in [1.29, 1.82) is 0 Å². The molecule has 0 saturated carbocycles. The molecule has 2 aromatic carbocycles. The van der Waals surface area contributed by atoms with Crippen molar-refractivity contribution in [3.8, 4) is 5.75 Å². The normalized spacial score (nSPS) is 10.6. The van der Waals surface area contributed by atoms with E-state index in [9.17, 15) is 9.18 Å². The summed E-state index contributed by atoms with van der Waals surface area (Å²) >= 11 is 0. The van der Waals surface area contributed by atoms with E-state index in [1.165, 1.54) is 18.2 Å². The lowest BCUT2D eigenvalue weighted by Crippen LogP contribution is -2.09. The van der Waals surface area contributed by atoms with E-state index in [4.69, 9.17) is 10.5 Å². The average molecular weight is 300 g/mol. The highest BCUT2D eigenvalue weighted by Gasteiger charge is 2.03. The van der Waals surface area contributed by atoms with E-state index in [1.807, 2.05) is 6.92 Å². The van der Waals surface area contributed by atoms with Crippen LogP contribution < -0.4 is 15.8 Å². The molecule has 0 spiro atoms. The number of nitrogens with one attached hydrogen (secondary N) is 1. The van der Waals surface area contributed by atoms with Gasteiger partial charge in [-0.25, -0.2) is 4.39 Å². The number of nitrogen functional groups attached to an aromatic ring is 1. The highest BCUT2D eigenvalue weighted by molar-refractivity contribution is 6.02. The van der Waals surface area contributed by atoms with Crippen LogP contribution in [0.3, 0.4) is 0 Å². The predicted octanol–water partition coefficient (Wildman–Crippen LogP) is 3.46. The maximum Gasteiger partial charge on any atom is 0.248 e. The zero-order valence-electron chi connectivity index (χ0n) is 12.2. The quantitative estimate of drug-likeness (QED) is 0.656. The first kappa shape index (κ1) is 15.6. The third kappa shape index (κ3) is 4.09. The zero-order valence-corrected chi connectivity index (χ0v) is 12.2. The Morgan fingerprint density at radius 3 is 2.77 bits per heavy atom. The number of nitrogens with two attached hydrogens (primary N) is 1. The van der Waals surface area contributed by atoms with Gasteiger partial charge < -0.3 is 15.8 Å². The molecule has 0 heterocycles. The van der Waals surface area contributed by atoms with Gasteiger partial charge in [-0.3, -0.25) is 4.79 Å². The molecule has 5 heteroatoms. The molecule has 1 amide bonds. The lowest BCUT2D eigenvalue weighted by atomic mass is 10.1. The summed E-state index contributed by atoms with van der Waals surface area (Å²) in [7, 11) is 0. The molecule has 2 rings (SSSR count). The third-order valence-corrected chi connectivity index (χ3v) is 2.89. The van der Waals surface area contributed by atoms with Crippen LogP contribution in [0.4, 0.5) is 15.8 Å². The number of hydrogen-bond acceptors (Lipinski definition) is 3. The van der Waals surface area contributed by atoms with Crippen molar-refractivity contribution in [2.24, 2.45) is 0 Å². The minimum absolute atomic E-state index is 0.142. The van der Waals surface area contributed by atoms with Crippen molar-refractivity contribution in [3.63, 3.8) is 0 Å². The van der Waals surface area contributed by atoms with Crippen LogP contribution in [-0.4, -0.2) is 12.5 Å². The molecule has 0 bridgehead atoms. The summed E-state index contributed by atoms with van der Waals surface area (Å²) < 4.78 is 18.8. The van der Waals surface area contributed by atoms with Crippen LogP contribution in [0.2, 0.25) is 0 Å². The van der Waals surface area contributed by atoms with Gasteiger partial charge in [0.2, 0.25) is 5.91 Å². The van der Waals surface area contributed by atoms with Crippen molar-refractivity contribution in [3.05, 3.63) is 59.9 Å². The maximum atomic E-state index is 13.4. The number of ether oxygens (including phenoxy) is 1. The molecule has 3 N–H and O–H groups in total. The lowest BCUT2D eigenvalue weighted by Gasteiger charge is -2.07. The van der Waals surface area contributed by atoms with E-state index in [0.717, 1.165) is 5.56 Å². The van der Waals surface area contributed by atoms with E-state index in [2.05, 4.69) is 5.32 Å². The number of carbonyl (C=O) groups is 1. The number of anilines is 2. The number of hydrogen-bond donors (Lipinski definition) is 2. The van der Waals surface area contributed by atoms with Gasteiger partial charge in [-0.2, -0.15) is 0 Å². The van der Waals surface area contributed by atoms with Crippen LogP contribution >= 0.6 is 0 Å². The monoisotopic (exact) mass is 300 g/mol. The highest BCUT2D eigenvalue weighted by atomic mass is 19.1. The molecule has 2 aromatic rings. The standard InChI is InChI=1S/C17H17FN2O2/c1-2-22-16-9-7-12(11-14(16)19)8-10-17(21)20-15-6-4-3-5-13(15)18/h3-11H,2,19H2,1H3,(H,20,21)/b10-8-. The number of halogens is 1. The van der Waals surface area contributed by atoms with Crippen molar-refractivity contribution in [1.82, 2.24) is 0 Å². The summed E-state index contributed by atoms with van der Waals surface area (Å²) in [6.07, 6.45) is 2.92. The number of amides is 1. The van der Waals surface area contributed by atoms with E-state index < -0.39 is 11.7 Å². The van der Waals surface area contributed by atoms with E-state index in [1.54, 1.807) is 36.4 Å². The molecular weight excluding hydrogens is 283 g/mol. The van der Waals surface area contributed by atoms with Crippen LogP contribution in [-0.2, 0) is 4.79 Å². The summed E-state index contributed by atoms with van der Waals surface area (Å²) in [6.45, 7) is 2.41. The first-order valence-corrected chi connectivity index (χ1v) is 6.86. The van der Waals surface area contributed by atoms with E-state index in [-0.39, 0.29) is 5.69 Å². The fourth-order valence-electron chi connectivity index (χ4n) is 1.87. The Morgan fingerprint density at radius 2 is 2.09 bits per heavy atom. The van der Waals surface area contributed by atoms with Gasteiger partial charge >= 0.3 is 0 Å². The molecule has 114 valence electrons. The second-order valence-corrected chi connectivity index (χ2v) is 4.53. The molecule has 0 atom stereocenters. The largest absolute Gasteiger partial charge is 0.492 e. The summed E-state index contributed by atoms with van der Waals surface area (Å²) in [5.41, 5.74) is 7.24. The second-order valence-electron chi connectivity index (χ2n) is 4.53. The number of carbonyl (C=O) groups excluding carboxylic acids is 1. The molecule has 0 unspecified atom stereocenters. The second kappa shape index (κ2) is 7.26. The minimum atomic E-state index is -0.477. The Bertz CT molecular complexity index is 699. The Hall–Kier alpha value is -2.82. The summed E-state index contributed by atoms with van der Waals surface area (Å²) in [6, 6.07) is 11.2. The number of rotatable bonds is 5. The Labute approximate surface area is 128 Å². The topological polar surface area (TPSA) is 64.3 Å². The summed E-state index contributed by atoms with van der Waals surface area (Å²) in [4.78, 5) is 11.8. The zero-order chi connectivity index (χ0) is 15.9. The number of para-hydroxylation sites is 1. The van der Waals surface area contributed by atoms with Crippen LogP contribution in [0.25, 0.3) is 6.08 Å². The molecule has 0 radical (unpaired) electrons. The van der Waals surface area contributed by atoms with Gasteiger partial charge in [0.1, 0.15) is 11.6 Å². The molecule has 0 aliphatic carbocycles. The summed E-state index contributed by atoms with van der Waals surface area (Å²) in [5.74, 6) is -0.289. The first-order valence-electron chi connectivity index (χ1n) is 6.86. The van der Waals surface area contributed by atoms with Crippen molar-refractivity contribution in [2.75, 3.05) is 17.7 Å². The molecule has 0 aromatic heterocycles. The predicted molar refractivity (Wildman–Crippen MR) is 86.1 cm³/mol. The lowest BCUT2D eigenvalue weighted by molar-refractivity contribution is -0.111. The maximum absolute atomic E-state index is 13.4. The molecule has 4 nitrogen and oxygen atoms in total. The van der Waals surface area contributed by atoms with Gasteiger partial charge in [0, 0.05) is 6.08 Å².